The van der Waals surface area contributed by atoms with Gasteiger partial charge in [0.1, 0.15) is 5.82 Å². The fourth-order valence-electron chi connectivity index (χ4n) is 2.32. The summed E-state index contributed by atoms with van der Waals surface area (Å²) in [6, 6.07) is 9.24. The highest BCUT2D eigenvalue weighted by atomic mass is 19.2. The number of pyridine rings is 1. The number of anilines is 2. The number of nitrogens with zero attached hydrogens (tertiary/aromatic N) is 1. The number of amides is 1. The SMILES string of the molecule is O=C(Nc1ccc(F)c(F)c1F)c1cncc(NCc2ccccc2F)c1. The van der Waals surface area contributed by atoms with Crippen LogP contribution in [0.4, 0.5) is 28.9 Å². The third-order valence-electron chi connectivity index (χ3n) is 3.72. The molecule has 3 aromatic rings. The molecule has 3 rings (SSSR count). The van der Waals surface area contributed by atoms with Crippen LogP contribution in [-0.2, 0) is 6.54 Å². The molecular weight excluding hydrogens is 362 g/mol. The molecule has 1 heterocycles. The number of hydrogen-bond acceptors (Lipinski definition) is 3. The van der Waals surface area contributed by atoms with Gasteiger partial charge in [0.15, 0.2) is 17.5 Å². The highest BCUT2D eigenvalue weighted by Crippen LogP contribution is 2.21. The molecule has 2 N–H and O–H groups in total. The summed E-state index contributed by atoms with van der Waals surface area (Å²) >= 11 is 0. The minimum Gasteiger partial charge on any atom is -0.380 e. The van der Waals surface area contributed by atoms with E-state index >= 15 is 0 Å². The Balaban J connectivity index is 1.72. The summed E-state index contributed by atoms with van der Waals surface area (Å²) in [5.74, 6) is -5.66. The van der Waals surface area contributed by atoms with Crippen LogP contribution in [0.5, 0.6) is 0 Å². The molecule has 0 atom stereocenters. The van der Waals surface area contributed by atoms with Gasteiger partial charge >= 0.3 is 0 Å². The van der Waals surface area contributed by atoms with Crippen LogP contribution in [0, 0.1) is 23.3 Å². The first-order valence-corrected chi connectivity index (χ1v) is 7.83. The number of halogens is 4. The molecule has 0 saturated heterocycles. The van der Waals surface area contributed by atoms with E-state index in [4.69, 9.17) is 0 Å². The standard InChI is InChI=1S/C19H13F4N3O/c20-14-4-2-1-3-11(14)9-25-13-7-12(8-24-10-13)19(27)26-16-6-5-15(21)17(22)18(16)23/h1-8,10,25H,9H2,(H,26,27). The lowest BCUT2D eigenvalue weighted by molar-refractivity contribution is 0.102. The van der Waals surface area contributed by atoms with E-state index in [1.165, 1.54) is 24.5 Å². The zero-order valence-corrected chi connectivity index (χ0v) is 13.8. The van der Waals surface area contributed by atoms with E-state index in [0.717, 1.165) is 6.07 Å². The number of benzene rings is 2. The van der Waals surface area contributed by atoms with Crippen molar-refractivity contribution in [2.24, 2.45) is 0 Å². The molecule has 0 fully saturated rings. The smallest absolute Gasteiger partial charge is 0.257 e. The van der Waals surface area contributed by atoms with Gasteiger partial charge in [-0.15, -0.1) is 0 Å². The molecule has 0 spiro atoms. The molecule has 1 amide bonds. The average Bonchev–Trinajstić information content (AvgIpc) is 2.68. The molecular formula is C19H13F4N3O. The summed E-state index contributed by atoms with van der Waals surface area (Å²) < 4.78 is 53.5. The van der Waals surface area contributed by atoms with E-state index in [2.05, 4.69) is 15.6 Å². The van der Waals surface area contributed by atoms with Gasteiger partial charge in [-0.05, 0) is 24.3 Å². The number of nitrogens with one attached hydrogen (secondary N) is 2. The monoisotopic (exact) mass is 375 g/mol. The predicted octanol–water partition coefficient (Wildman–Crippen LogP) is 4.50. The molecule has 0 unspecified atom stereocenters. The Hall–Kier alpha value is -3.42. The van der Waals surface area contributed by atoms with E-state index in [1.807, 2.05) is 0 Å². The Bertz CT molecular complexity index is 994. The Kier molecular flexibility index (Phi) is 5.35. The van der Waals surface area contributed by atoms with E-state index < -0.39 is 29.0 Å². The predicted molar refractivity (Wildman–Crippen MR) is 92.2 cm³/mol. The maximum atomic E-state index is 13.7. The van der Waals surface area contributed by atoms with Crippen LogP contribution in [0.1, 0.15) is 15.9 Å². The van der Waals surface area contributed by atoms with Crippen LogP contribution in [0.2, 0.25) is 0 Å². The summed E-state index contributed by atoms with van der Waals surface area (Å²) in [7, 11) is 0. The van der Waals surface area contributed by atoms with Gasteiger partial charge < -0.3 is 10.6 Å². The van der Waals surface area contributed by atoms with E-state index in [1.54, 1.807) is 18.2 Å². The number of aromatic nitrogens is 1. The van der Waals surface area contributed by atoms with Crippen LogP contribution < -0.4 is 10.6 Å². The fourth-order valence-corrected chi connectivity index (χ4v) is 2.32. The second-order valence-corrected chi connectivity index (χ2v) is 5.58. The number of carbonyl (C=O) groups is 1. The van der Waals surface area contributed by atoms with E-state index in [0.29, 0.717) is 17.3 Å². The van der Waals surface area contributed by atoms with Crippen LogP contribution >= 0.6 is 0 Å². The first-order chi connectivity index (χ1) is 13.0. The zero-order valence-electron chi connectivity index (χ0n) is 13.8. The van der Waals surface area contributed by atoms with Crippen molar-refractivity contribution in [1.29, 1.82) is 0 Å². The van der Waals surface area contributed by atoms with E-state index in [-0.39, 0.29) is 17.9 Å². The first kappa shape index (κ1) is 18.4. The van der Waals surface area contributed by atoms with Gasteiger partial charge in [-0.25, -0.2) is 17.6 Å². The quantitative estimate of drug-likeness (QED) is 0.510. The normalized spacial score (nSPS) is 10.5. The van der Waals surface area contributed by atoms with Crippen molar-refractivity contribution < 1.29 is 22.4 Å². The molecule has 4 nitrogen and oxygen atoms in total. The molecule has 27 heavy (non-hydrogen) atoms. The largest absolute Gasteiger partial charge is 0.380 e. The third kappa shape index (κ3) is 4.22. The maximum Gasteiger partial charge on any atom is 0.257 e. The molecule has 2 aromatic carbocycles. The number of carbonyl (C=O) groups excluding carboxylic acids is 1. The molecule has 138 valence electrons. The van der Waals surface area contributed by atoms with Gasteiger partial charge in [0.2, 0.25) is 0 Å². The lowest BCUT2D eigenvalue weighted by atomic mass is 10.2. The number of hydrogen-bond donors (Lipinski definition) is 2. The molecule has 0 aliphatic heterocycles. The number of rotatable bonds is 5. The maximum absolute atomic E-state index is 13.7. The highest BCUT2D eigenvalue weighted by molar-refractivity contribution is 6.04. The summed E-state index contributed by atoms with van der Waals surface area (Å²) in [5.41, 5.74) is 0.411. The van der Waals surface area contributed by atoms with Crippen molar-refractivity contribution in [2.75, 3.05) is 10.6 Å². The van der Waals surface area contributed by atoms with Gasteiger partial charge in [-0.2, -0.15) is 0 Å². The van der Waals surface area contributed by atoms with Gasteiger partial charge in [-0.3, -0.25) is 9.78 Å². The Morgan fingerprint density at radius 1 is 0.926 bits per heavy atom. The van der Waals surface area contributed by atoms with Crippen molar-refractivity contribution in [3.05, 3.63) is 89.3 Å². The Labute approximate surface area is 151 Å². The van der Waals surface area contributed by atoms with Gasteiger partial charge in [0, 0.05) is 24.5 Å². The van der Waals surface area contributed by atoms with Crippen molar-refractivity contribution in [1.82, 2.24) is 4.98 Å². The van der Waals surface area contributed by atoms with Crippen molar-refractivity contribution in [2.45, 2.75) is 6.54 Å². The summed E-state index contributed by atoms with van der Waals surface area (Å²) in [5, 5.41) is 5.08. The fraction of sp³-hybridized carbons (Fsp3) is 0.0526. The van der Waals surface area contributed by atoms with E-state index in [9.17, 15) is 22.4 Å². The lowest BCUT2D eigenvalue weighted by Crippen LogP contribution is -2.14. The zero-order chi connectivity index (χ0) is 19.4. The molecule has 1 aromatic heterocycles. The lowest BCUT2D eigenvalue weighted by Gasteiger charge is -2.10. The van der Waals surface area contributed by atoms with Crippen LogP contribution in [0.3, 0.4) is 0 Å². The van der Waals surface area contributed by atoms with Crippen LogP contribution in [-0.4, -0.2) is 10.9 Å². The topological polar surface area (TPSA) is 54.0 Å². The van der Waals surface area contributed by atoms with Gasteiger partial charge in [0.25, 0.3) is 5.91 Å². The van der Waals surface area contributed by atoms with Crippen molar-refractivity contribution in [3.63, 3.8) is 0 Å². The van der Waals surface area contributed by atoms with Crippen molar-refractivity contribution in [3.8, 4) is 0 Å². The Morgan fingerprint density at radius 2 is 1.70 bits per heavy atom. The second-order valence-electron chi connectivity index (χ2n) is 5.58. The van der Waals surface area contributed by atoms with Gasteiger partial charge in [0.05, 0.1) is 16.9 Å². The average molecular weight is 375 g/mol. The first-order valence-electron chi connectivity index (χ1n) is 7.83. The third-order valence-corrected chi connectivity index (χ3v) is 3.72. The van der Waals surface area contributed by atoms with Gasteiger partial charge in [-0.1, -0.05) is 18.2 Å². The summed E-state index contributed by atoms with van der Waals surface area (Å²) in [6.07, 6.45) is 2.65. The molecule has 0 aliphatic rings. The molecule has 0 aliphatic carbocycles. The minimum absolute atomic E-state index is 0.0534. The van der Waals surface area contributed by atoms with Crippen LogP contribution in [0.15, 0.2) is 54.9 Å². The summed E-state index contributed by atoms with van der Waals surface area (Å²) in [6.45, 7) is 0.164. The van der Waals surface area contributed by atoms with Crippen molar-refractivity contribution >= 4 is 17.3 Å². The molecule has 0 radical (unpaired) electrons. The summed E-state index contributed by atoms with van der Waals surface area (Å²) in [4.78, 5) is 16.1. The Morgan fingerprint density at radius 3 is 2.48 bits per heavy atom. The van der Waals surface area contributed by atoms with Crippen LogP contribution in [0.25, 0.3) is 0 Å². The molecule has 0 bridgehead atoms. The highest BCUT2D eigenvalue weighted by Gasteiger charge is 2.16. The molecule has 8 heteroatoms. The second kappa shape index (κ2) is 7.86. The minimum atomic E-state index is -1.67. The molecule has 0 saturated carbocycles.